The van der Waals surface area contributed by atoms with Crippen molar-refractivity contribution >= 4 is 22.7 Å². The van der Waals surface area contributed by atoms with E-state index in [2.05, 4.69) is 40.4 Å². The number of aromatic nitrogens is 3. The van der Waals surface area contributed by atoms with Crippen LogP contribution in [0.1, 0.15) is 45.8 Å². The summed E-state index contributed by atoms with van der Waals surface area (Å²) in [7, 11) is 1.94. The summed E-state index contributed by atoms with van der Waals surface area (Å²) < 4.78 is 1.97. The van der Waals surface area contributed by atoms with E-state index in [-0.39, 0.29) is 17.9 Å². The van der Waals surface area contributed by atoms with Gasteiger partial charge in [-0.05, 0) is 44.4 Å². The third-order valence-corrected chi connectivity index (χ3v) is 5.56. The number of rotatable bonds is 3. The Morgan fingerprint density at radius 1 is 1.14 bits per heavy atom. The normalized spacial score (nSPS) is 17.2. The van der Waals surface area contributed by atoms with Crippen molar-refractivity contribution in [1.82, 2.24) is 24.8 Å². The van der Waals surface area contributed by atoms with Crippen molar-refractivity contribution in [3.8, 4) is 0 Å². The smallest absolute Gasteiger partial charge is 0.271 e. The number of carbonyl (C=O) groups excluding carboxylic acids is 2. The number of benzene rings is 1. The predicted octanol–water partition coefficient (Wildman–Crippen LogP) is 2.70. The Bertz CT molecular complexity index is 1040. The minimum Gasteiger partial charge on any atom is -0.348 e. The Balaban J connectivity index is 1.44. The molecule has 0 bridgehead atoms. The average molecular weight is 391 g/mol. The van der Waals surface area contributed by atoms with Crippen LogP contribution in [-0.2, 0) is 7.05 Å². The zero-order valence-corrected chi connectivity index (χ0v) is 16.8. The van der Waals surface area contributed by atoms with Crippen LogP contribution < -0.4 is 5.32 Å². The summed E-state index contributed by atoms with van der Waals surface area (Å²) in [5.74, 6) is -0.172. The highest BCUT2D eigenvalue weighted by Crippen LogP contribution is 2.22. The Labute approximate surface area is 169 Å². The van der Waals surface area contributed by atoms with E-state index in [1.54, 1.807) is 6.20 Å². The van der Waals surface area contributed by atoms with E-state index in [0.717, 1.165) is 30.2 Å². The van der Waals surface area contributed by atoms with E-state index in [1.807, 2.05) is 22.6 Å². The summed E-state index contributed by atoms with van der Waals surface area (Å²) in [4.78, 5) is 35.4. The molecule has 0 spiro atoms. The molecule has 29 heavy (non-hydrogen) atoms. The Kier molecular flexibility index (Phi) is 5.29. The van der Waals surface area contributed by atoms with Gasteiger partial charge in [-0.3, -0.25) is 14.6 Å². The van der Waals surface area contributed by atoms with E-state index in [9.17, 15) is 9.59 Å². The average Bonchev–Trinajstić information content (AvgIpc) is 2.89. The monoisotopic (exact) mass is 391 g/mol. The molecule has 3 aromatic rings. The lowest BCUT2D eigenvalue weighted by Gasteiger charge is -2.21. The second-order valence-electron chi connectivity index (χ2n) is 7.64. The van der Waals surface area contributed by atoms with Gasteiger partial charge in [-0.2, -0.15) is 0 Å². The first-order chi connectivity index (χ1) is 14.0. The molecule has 0 unspecified atom stereocenters. The summed E-state index contributed by atoms with van der Waals surface area (Å²) in [6.07, 6.45) is 6.92. The van der Waals surface area contributed by atoms with Gasteiger partial charge in [0.1, 0.15) is 11.4 Å². The molecule has 2 amide bonds. The number of carbonyl (C=O) groups is 2. The van der Waals surface area contributed by atoms with Gasteiger partial charge in [0.15, 0.2) is 0 Å². The quantitative estimate of drug-likeness (QED) is 0.744. The number of nitrogens with zero attached hydrogens (tertiary/aromatic N) is 4. The largest absolute Gasteiger partial charge is 0.348 e. The number of nitrogens with one attached hydrogen (secondary N) is 1. The topological polar surface area (TPSA) is 80.1 Å². The first kappa shape index (κ1) is 19.1. The molecule has 1 aliphatic heterocycles. The molecule has 3 heterocycles. The summed E-state index contributed by atoms with van der Waals surface area (Å²) in [6.45, 7) is 3.36. The summed E-state index contributed by atoms with van der Waals surface area (Å²) in [6, 6.07) is 8.22. The molecule has 0 aliphatic carbocycles. The molecule has 1 fully saturated rings. The Hall–Kier alpha value is -3.22. The molecule has 1 atom stereocenters. The maximum Gasteiger partial charge on any atom is 0.271 e. The minimum absolute atomic E-state index is 0.0254. The number of fused-ring (bicyclic) bond motifs is 1. The third-order valence-electron chi connectivity index (χ3n) is 5.56. The fourth-order valence-corrected chi connectivity index (χ4v) is 3.96. The molecule has 7 heteroatoms. The lowest BCUT2D eigenvalue weighted by molar-refractivity contribution is 0.0751. The number of hydrogen-bond acceptors (Lipinski definition) is 4. The molecular formula is C22H25N5O2. The van der Waals surface area contributed by atoms with Crippen molar-refractivity contribution in [2.45, 2.75) is 32.2 Å². The van der Waals surface area contributed by atoms with Crippen molar-refractivity contribution in [3.05, 3.63) is 59.8 Å². The SMILES string of the molecule is Cc1ccc2c(c1)cc(C(=O)N1CCC[C@@H](NC(=O)c3cnccn3)CC1)n2C. The summed E-state index contributed by atoms with van der Waals surface area (Å²) in [5.41, 5.74) is 3.25. The van der Waals surface area contributed by atoms with E-state index in [4.69, 9.17) is 0 Å². The zero-order chi connectivity index (χ0) is 20.4. The van der Waals surface area contributed by atoms with Gasteiger partial charge in [0.2, 0.25) is 0 Å². The van der Waals surface area contributed by atoms with Crippen LogP contribution in [0.15, 0.2) is 42.9 Å². The standard InChI is InChI=1S/C22H25N5O2/c1-15-5-6-19-16(12-15)13-20(26(19)2)22(29)27-10-3-4-17(7-11-27)25-21(28)18-14-23-8-9-24-18/h5-6,8-9,12-14,17H,3-4,7,10-11H2,1-2H3,(H,25,28)/t17-/m1/s1. The summed E-state index contributed by atoms with van der Waals surface area (Å²) >= 11 is 0. The van der Waals surface area contributed by atoms with Crippen molar-refractivity contribution in [1.29, 1.82) is 0 Å². The van der Waals surface area contributed by atoms with Crippen LogP contribution in [0.25, 0.3) is 10.9 Å². The molecular weight excluding hydrogens is 366 g/mol. The van der Waals surface area contributed by atoms with Crippen LogP contribution in [0.5, 0.6) is 0 Å². The van der Waals surface area contributed by atoms with Crippen LogP contribution in [0.3, 0.4) is 0 Å². The zero-order valence-electron chi connectivity index (χ0n) is 16.8. The predicted molar refractivity (Wildman–Crippen MR) is 111 cm³/mol. The molecule has 1 aromatic carbocycles. The van der Waals surface area contributed by atoms with Crippen LogP contribution >= 0.6 is 0 Å². The molecule has 0 radical (unpaired) electrons. The molecule has 1 saturated heterocycles. The highest BCUT2D eigenvalue weighted by molar-refractivity contribution is 5.99. The van der Waals surface area contributed by atoms with Gasteiger partial charge in [-0.1, -0.05) is 11.6 Å². The van der Waals surface area contributed by atoms with Crippen molar-refractivity contribution in [3.63, 3.8) is 0 Å². The third kappa shape index (κ3) is 3.99. The second kappa shape index (κ2) is 8.03. The van der Waals surface area contributed by atoms with Gasteiger partial charge in [-0.25, -0.2) is 4.98 Å². The van der Waals surface area contributed by atoms with E-state index in [1.165, 1.54) is 18.0 Å². The van der Waals surface area contributed by atoms with Gasteiger partial charge in [0.25, 0.3) is 11.8 Å². The number of amides is 2. The van der Waals surface area contributed by atoms with Crippen LogP contribution in [0, 0.1) is 6.92 Å². The van der Waals surface area contributed by atoms with Crippen LogP contribution in [-0.4, -0.2) is 50.4 Å². The number of hydrogen-bond donors (Lipinski definition) is 1. The fraction of sp³-hybridized carbons (Fsp3) is 0.364. The van der Waals surface area contributed by atoms with Crippen molar-refractivity contribution < 1.29 is 9.59 Å². The fourth-order valence-electron chi connectivity index (χ4n) is 3.96. The van der Waals surface area contributed by atoms with Gasteiger partial charge in [0, 0.05) is 49.5 Å². The number of likely N-dealkylation sites (tertiary alicyclic amines) is 1. The maximum absolute atomic E-state index is 13.2. The molecule has 150 valence electrons. The van der Waals surface area contributed by atoms with Gasteiger partial charge >= 0.3 is 0 Å². The Morgan fingerprint density at radius 3 is 2.79 bits per heavy atom. The molecule has 7 nitrogen and oxygen atoms in total. The van der Waals surface area contributed by atoms with E-state index >= 15 is 0 Å². The lowest BCUT2D eigenvalue weighted by Crippen LogP contribution is -2.37. The second-order valence-corrected chi connectivity index (χ2v) is 7.64. The molecule has 2 aromatic heterocycles. The minimum atomic E-state index is -0.216. The van der Waals surface area contributed by atoms with Crippen molar-refractivity contribution in [2.75, 3.05) is 13.1 Å². The first-order valence-corrected chi connectivity index (χ1v) is 9.95. The Morgan fingerprint density at radius 2 is 2.00 bits per heavy atom. The highest BCUT2D eigenvalue weighted by atomic mass is 16.2. The van der Waals surface area contributed by atoms with Gasteiger partial charge in [0.05, 0.1) is 6.20 Å². The van der Waals surface area contributed by atoms with Crippen molar-refractivity contribution in [2.24, 2.45) is 7.05 Å². The van der Waals surface area contributed by atoms with Crippen LogP contribution in [0.4, 0.5) is 0 Å². The lowest BCUT2D eigenvalue weighted by atomic mass is 10.1. The van der Waals surface area contributed by atoms with Crippen LogP contribution in [0.2, 0.25) is 0 Å². The van der Waals surface area contributed by atoms with Gasteiger partial charge < -0.3 is 14.8 Å². The van der Waals surface area contributed by atoms with Gasteiger partial charge in [-0.15, -0.1) is 0 Å². The first-order valence-electron chi connectivity index (χ1n) is 9.95. The molecule has 4 rings (SSSR count). The molecule has 1 aliphatic rings. The van der Waals surface area contributed by atoms with E-state index < -0.39 is 0 Å². The molecule has 0 saturated carbocycles. The highest BCUT2D eigenvalue weighted by Gasteiger charge is 2.25. The number of aryl methyl sites for hydroxylation is 2. The summed E-state index contributed by atoms with van der Waals surface area (Å²) in [5, 5.41) is 4.11. The maximum atomic E-state index is 13.2. The van der Waals surface area contributed by atoms with E-state index in [0.29, 0.717) is 24.5 Å². The molecule has 1 N–H and O–H groups in total.